The van der Waals surface area contributed by atoms with Gasteiger partial charge in [0.1, 0.15) is 18.2 Å². The predicted octanol–water partition coefficient (Wildman–Crippen LogP) is 1.50. The van der Waals surface area contributed by atoms with Gasteiger partial charge in [0.25, 0.3) is 5.91 Å². The monoisotopic (exact) mass is 450 g/mol. The van der Waals surface area contributed by atoms with Crippen LogP contribution in [0.2, 0.25) is 0 Å². The fourth-order valence-corrected chi connectivity index (χ4v) is 4.38. The number of carbonyl (C=O) groups excluding carboxylic acids is 4. The molecule has 2 aromatic carbocycles. The van der Waals surface area contributed by atoms with Crippen LogP contribution in [0.25, 0.3) is 0 Å². The molecular weight excluding hydrogens is 424 g/mol. The maximum Gasteiger partial charge on any atom is 0.411 e. The molecule has 2 N–H and O–H groups in total. The lowest BCUT2D eigenvalue weighted by atomic mass is 10.1. The Labute approximate surface area is 191 Å². The lowest BCUT2D eigenvalue weighted by Crippen LogP contribution is -2.62. The minimum Gasteiger partial charge on any atom is -0.453 e. The van der Waals surface area contributed by atoms with Gasteiger partial charge in [-0.25, -0.2) is 4.79 Å². The fourth-order valence-electron chi connectivity index (χ4n) is 4.38. The Morgan fingerprint density at radius 1 is 1.03 bits per heavy atom. The predicted molar refractivity (Wildman–Crippen MR) is 119 cm³/mol. The first-order chi connectivity index (χ1) is 16.0. The quantitative estimate of drug-likeness (QED) is 0.718. The first-order valence-corrected chi connectivity index (χ1v) is 10.8. The second-order valence-electron chi connectivity index (χ2n) is 8.03. The molecule has 4 rings (SSSR count). The number of hydrogen-bond acceptors (Lipinski definition) is 5. The Balaban J connectivity index is 1.51. The Morgan fingerprint density at radius 2 is 1.70 bits per heavy atom. The van der Waals surface area contributed by atoms with E-state index in [9.17, 15) is 19.2 Å². The molecule has 0 aliphatic carbocycles. The van der Waals surface area contributed by atoms with Gasteiger partial charge in [0.05, 0.1) is 7.11 Å². The Hall–Kier alpha value is -3.88. The van der Waals surface area contributed by atoms with Gasteiger partial charge in [-0.3, -0.25) is 19.3 Å². The SMILES string of the molecule is COC(=O)N1CC[C@@H](C(=O)NCc2ccccc2)N2C(=O)C(NC(=O)c3ccccc3)CC12. The molecule has 2 fully saturated rings. The van der Waals surface area contributed by atoms with E-state index >= 15 is 0 Å². The maximum atomic E-state index is 13.3. The van der Waals surface area contributed by atoms with Gasteiger partial charge in [0.15, 0.2) is 0 Å². The average molecular weight is 450 g/mol. The molecule has 2 heterocycles. The molecule has 2 aliphatic heterocycles. The third-order valence-electron chi connectivity index (χ3n) is 6.02. The molecule has 2 aromatic rings. The van der Waals surface area contributed by atoms with Crippen molar-refractivity contribution in [2.24, 2.45) is 0 Å². The van der Waals surface area contributed by atoms with E-state index < -0.39 is 30.2 Å². The van der Waals surface area contributed by atoms with E-state index in [-0.39, 0.29) is 31.2 Å². The van der Waals surface area contributed by atoms with Crippen LogP contribution in [0.15, 0.2) is 60.7 Å². The number of hydrogen-bond donors (Lipinski definition) is 2. The van der Waals surface area contributed by atoms with Crippen LogP contribution in [0.3, 0.4) is 0 Å². The Kier molecular flexibility index (Phi) is 6.58. The molecule has 9 heteroatoms. The topological polar surface area (TPSA) is 108 Å². The molecule has 2 saturated heterocycles. The molecule has 0 aromatic heterocycles. The first kappa shape index (κ1) is 22.3. The highest BCUT2D eigenvalue weighted by Crippen LogP contribution is 2.31. The largest absolute Gasteiger partial charge is 0.453 e. The summed E-state index contributed by atoms with van der Waals surface area (Å²) < 4.78 is 4.88. The number of ether oxygens (including phenoxy) is 1. The number of nitrogens with zero attached hydrogens (tertiary/aromatic N) is 2. The third-order valence-corrected chi connectivity index (χ3v) is 6.02. The van der Waals surface area contributed by atoms with E-state index in [4.69, 9.17) is 4.74 Å². The molecule has 2 unspecified atom stereocenters. The molecule has 0 spiro atoms. The van der Waals surface area contributed by atoms with Crippen molar-refractivity contribution in [3.8, 4) is 0 Å². The number of methoxy groups -OCH3 is 1. The van der Waals surface area contributed by atoms with Gasteiger partial charge in [-0.2, -0.15) is 0 Å². The maximum absolute atomic E-state index is 13.3. The van der Waals surface area contributed by atoms with E-state index in [1.807, 2.05) is 30.3 Å². The standard InChI is InChI=1S/C24H26N4O5/c1-33-24(32)27-13-12-19(22(30)25-15-16-8-4-2-5-9-16)28-20(27)14-18(23(28)31)26-21(29)17-10-6-3-7-11-17/h2-11,18-20H,12-15H2,1H3,(H,25,30)(H,26,29)/t18?,19-,20?/m0/s1. The molecule has 172 valence electrons. The summed E-state index contributed by atoms with van der Waals surface area (Å²) in [5.74, 6) is -1.07. The minimum absolute atomic E-state index is 0.176. The number of amides is 4. The summed E-state index contributed by atoms with van der Waals surface area (Å²) in [4.78, 5) is 54.1. The molecule has 9 nitrogen and oxygen atoms in total. The summed E-state index contributed by atoms with van der Waals surface area (Å²) in [6, 6.07) is 16.5. The molecule has 0 bridgehead atoms. The van der Waals surface area contributed by atoms with Crippen LogP contribution >= 0.6 is 0 Å². The second-order valence-corrected chi connectivity index (χ2v) is 8.03. The smallest absolute Gasteiger partial charge is 0.411 e. The van der Waals surface area contributed by atoms with Crippen molar-refractivity contribution < 1.29 is 23.9 Å². The fraction of sp³-hybridized carbons (Fsp3) is 0.333. The summed E-state index contributed by atoms with van der Waals surface area (Å²) >= 11 is 0. The van der Waals surface area contributed by atoms with E-state index in [1.165, 1.54) is 16.9 Å². The lowest BCUT2D eigenvalue weighted by Gasteiger charge is -2.43. The van der Waals surface area contributed by atoms with Crippen molar-refractivity contribution in [2.45, 2.75) is 37.6 Å². The molecule has 3 atom stereocenters. The van der Waals surface area contributed by atoms with Crippen molar-refractivity contribution >= 4 is 23.8 Å². The number of rotatable bonds is 5. The highest BCUT2D eigenvalue weighted by Gasteiger charge is 2.52. The van der Waals surface area contributed by atoms with Gasteiger partial charge >= 0.3 is 6.09 Å². The zero-order valence-corrected chi connectivity index (χ0v) is 18.3. The van der Waals surface area contributed by atoms with E-state index in [2.05, 4.69) is 10.6 Å². The van der Waals surface area contributed by atoms with Crippen LogP contribution < -0.4 is 10.6 Å². The lowest BCUT2D eigenvalue weighted by molar-refractivity contribution is -0.146. The van der Waals surface area contributed by atoms with Crippen LogP contribution in [0.5, 0.6) is 0 Å². The molecule has 2 aliphatic rings. The summed E-state index contributed by atoms with van der Waals surface area (Å²) in [5.41, 5.74) is 1.37. The van der Waals surface area contributed by atoms with Crippen molar-refractivity contribution in [1.29, 1.82) is 0 Å². The molecule has 4 amide bonds. The van der Waals surface area contributed by atoms with Gasteiger partial charge in [-0.05, 0) is 24.1 Å². The van der Waals surface area contributed by atoms with Gasteiger partial charge in [0, 0.05) is 25.1 Å². The highest BCUT2D eigenvalue weighted by atomic mass is 16.5. The van der Waals surface area contributed by atoms with Crippen molar-refractivity contribution in [1.82, 2.24) is 20.4 Å². The summed E-state index contributed by atoms with van der Waals surface area (Å²) in [6.45, 7) is 0.599. The first-order valence-electron chi connectivity index (χ1n) is 10.8. The van der Waals surface area contributed by atoms with E-state index in [0.717, 1.165) is 5.56 Å². The Bertz CT molecular complexity index is 1030. The molecular formula is C24H26N4O5. The van der Waals surface area contributed by atoms with Crippen LogP contribution in [-0.2, 0) is 20.9 Å². The number of benzene rings is 2. The zero-order valence-electron chi connectivity index (χ0n) is 18.3. The number of nitrogens with one attached hydrogen (secondary N) is 2. The average Bonchev–Trinajstić information content (AvgIpc) is 3.18. The molecule has 0 saturated carbocycles. The van der Waals surface area contributed by atoms with Crippen molar-refractivity contribution in [3.63, 3.8) is 0 Å². The summed E-state index contributed by atoms with van der Waals surface area (Å²) in [6.07, 6.45) is -0.796. The number of carbonyl (C=O) groups is 4. The zero-order chi connectivity index (χ0) is 23.4. The van der Waals surface area contributed by atoms with Crippen LogP contribution in [0.4, 0.5) is 4.79 Å². The van der Waals surface area contributed by atoms with Crippen LogP contribution in [0.1, 0.15) is 28.8 Å². The Morgan fingerprint density at radius 3 is 2.36 bits per heavy atom. The number of fused-ring (bicyclic) bond motifs is 1. The van der Waals surface area contributed by atoms with E-state index in [1.54, 1.807) is 30.3 Å². The molecule has 33 heavy (non-hydrogen) atoms. The van der Waals surface area contributed by atoms with Crippen molar-refractivity contribution in [3.05, 3.63) is 71.8 Å². The summed E-state index contributed by atoms with van der Waals surface area (Å²) in [7, 11) is 1.27. The van der Waals surface area contributed by atoms with Gasteiger partial charge < -0.3 is 20.3 Å². The van der Waals surface area contributed by atoms with Gasteiger partial charge in [0.2, 0.25) is 11.8 Å². The normalized spacial score (nSPS) is 21.8. The molecule has 0 radical (unpaired) electrons. The second kappa shape index (κ2) is 9.72. The van der Waals surface area contributed by atoms with Crippen LogP contribution in [0, 0.1) is 0 Å². The highest BCUT2D eigenvalue weighted by molar-refractivity contribution is 5.99. The van der Waals surface area contributed by atoms with Gasteiger partial charge in [-0.1, -0.05) is 48.5 Å². The third kappa shape index (κ3) is 4.67. The van der Waals surface area contributed by atoms with Gasteiger partial charge in [-0.15, -0.1) is 0 Å². The minimum atomic E-state index is -0.850. The van der Waals surface area contributed by atoms with E-state index in [0.29, 0.717) is 12.1 Å². The van der Waals surface area contributed by atoms with Crippen LogP contribution in [-0.4, -0.2) is 65.5 Å². The summed E-state index contributed by atoms with van der Waals surface area (Å²) in [5, 5.41) is 5.64. The van der Waals surface area contributed by atoms with Crippen molar-refractivity contribution in [2.75, 3.05) is 13.7 Å².